The van der Waals surface area contributed by atoms with E-state index in [4.69, 9.17) is 0 Å². The molecule has 2 nitrogen and oxygen atoms in total. The van der Waals surface area contributed by atoms with Crippen LogP contribution in [0.2, 0.25) is 0 Å². The summed E-state index contributed by atoms with van der Waals surface area (Å²) in [7, 11) is 0. The van der Waals surface area contributed by atoms with Crippen molar-refractivity contribution in [1.29, 1.82) is 0 Å². The minimum atomic E-state index is 1.05. The van der Waals surface area contributed by atoms with E-state index >= 15 is 0 Å². The minimum Gasteiger partial charge on any atom is -0.346 e. The lowest BCUT2D eigenvalue weighted by Crippen LogP contribution is -2.15. The van der Waals surface area contributed by atoms with Gasteiger partial charge >= 0.3 is 0 Å². The van der Waals surface area contributed by atoms with Crippen LogP contribution >= 0.6 is 15.9 Å². The summed E-state index contributed by atoms with van der Waals surface area (Å²) in [5.74, 6) is 0. The van der Waals surface area contributed by atoms with Crippen molar-refractivity contribution in [3.8, 4) is 0 Å². The van der Waals surface area contributed by atoms with Crippen LogP contribution in [0.15, 0.2) is 34.9 Å². The van der Waals surface area contributed by atoms with Crippen molar-refractivity contribution in [2.45, 2.75) is 19.9 Å². The first-order chi connectivity index (χ1) is 7.83. The predicted octanol–water partition coefficient (Wildman–Crippen LogP) is 3.40. The summed E-state index contributed by atoms with van der Waals surface area (Å²) in [6.45, 7) is 5.34. The van der Waals surface area contributed by atoms with Crippen molar-refractivity contribution in [2.24, 2.45) is 0 Å². The lowest BCUT2D eigenvalue weighted by atomic mass is 10.2. The number of benzene rings is 1. The van der Waals surface area contributed by atoms with E-state index in [9.17, 15) is 0 Å². The molecule has 0 atom stereocenters. The summed E-state index contributed by atoms with van der Waals surface area (Å²) in [6.07, 6.45) is 3.34. The summed E-state index contributed by atoms with van der Waals surface area (Å²) in [6, 6.07) is 8.50. The predicted molar refractivity (Wildman–Crippen MR) is 72.8 cm³/mol. The van der Waals surface area contributed by atoms with Gasteiger partial charge in [0.05, 0.1) is 0 Å². The molecule has 3 heteroatoms. The van der Waals surface area contributed by atoms with Crippen molar-refractivity contribution < 1.29 is 0 Å². The van der Waals surface area contributed by atoms with E-state index < -0.39 is 0 Å². The Morgan fingerprint density at radius 3 is 2.94 bits per heavy atom. The van der Waals surface area contributed by atoms with Gasteiger partial charge in [-0.2, -0.15) is 0 Å². The number of aryl methyl sites for hydroxylation is 1. The summed E-state index contributed by atoms with van der Waals surface area (Å²) in [5.41, 5.74) is 1.31. The van der Waals surface area contributed by atoms with Crippen LogP contribution in [-0.2, 0) is 6.54 Å². The van der Waals surface area contributed by atoms with Crippen LogP contribution < -0.4 is 5.32 Å². The van der Waals surface area contributed by atoms with Gasteiger partial charge in [-0.1, -0.05) is 25.1 Å². The third kappa shape index (κ3) is 2.47. The van der Waals surface area contributed by atoms with Crippen LogP contribution in [0.5, 0.6) is 0 Å². The Hall–Kier alpha value is -0.800. The molecule has 0 saturated heterocycles. The summed E-state index contributed by atoms with van der Waals surface area (Å²) >= 11 is 3.60. The zero-order valence-electron chi connectivity index (χ0n) is 9.54. The van der Waals surface area contributed by atoms with E-state index in [-0.39, 0.29) is 0 Å². The molecule has 0 fully saturated rings. The Labute approximate surface area is 105 Å². The van der Waals surface area contributed by atoms with Gasteiger partial charge in [-0.25, -0.2) is 0 Å². The molecule has 0 amide bonds. The smallest absolute Gasteiger partial charge is 0.0492 e. The van der Waals surface area contributed by atoms with Gasteiger partial charge in [0.25, 0.3) is 0 Å². The highest BCUT2D eigenvalue weighted by Gasteiger charge is 2.04. The molecule has 0 aliphatic rings. The van der Waals surface area contributed by atoms with Gasteiger partial charge < -0.3 is 9.88 Å². The number of fused-ring (bicyclic) bond motifs is 1. The number of hydrogen-bond donors (Lipinski definition) is 1. The highest BCUT2D eigenvalue weighted by Crippen LogP contribution is 2.25. The molecule has 16 heavy (non-hydrogen) atoms. The van der Waals surface area contributed by atoms with Crippen LogP contribution in [0, 0.1) is 0 Å². The lowest BCUT2D eigenvalue weighted by molar-refractivity contribution is 0.603. The Bertz CT molecular complexity index is 462. The maximum Gasteiger partial charge on any atom is 0.0492 e. The Kier molecular flexibility index (Phi) is 4.02. The zero-order valence-corrected chi connectivity index (χ0v) is 11.1. The summed E-state index contributed by atoms with van der Waals surface area (Å²) in [5, 5.41) is 4.65. The Balaban J connectivity index is 2.12. The number of nitrogens with one attached hydrogen (secondary N) is 1. The minimum absolute atomic E-state index is 1.05. The van der Waals surface area contributed by atoms with Gasteiger partial charge in [0.1, 0.15) is 0 Å². The van der Waals surface area contributed by atoms with Crippen LogP contribution in [-0.4, -0.2) is 17.7 Å². The Morgan fingerprint density at radius 2 is 2.12 bits per heavy atom. The van der Waals surface area contributed by atoms with Gasteiger partial charge in [-0.3, -0.25) is 0 Å². The Morgan fingerprint density at radius 1 is 1.31 bits per heavy atom. The summed E-state index contributed by atoms with van der Waals surface area (Å²) < 4.78 is 3.50. The van der Waals surface area contributed by atoms with E-state index in [1.165, 1.54) is 21.8 Å². The quantitative estimate of drug-likeness (QED) is 0.831. The molecule has 0 bridgehead atoms. The molecule has 2 aromatic rings. The third-order valence-corrected chi connectivity index (χ3v) is 3.37. The van der Waals surface area contributed by atoms with Crippen molar-refractivity contribution >= 4 is 26.8 Å². The molecule has 0 spiro atoms. The standard InChI is InChI=1S/C13H17BrN2/c1-2-15-8-5-9-16-10-12(14)11-6-3-4-7-13(11)16/h3-4,6-7,10,15H,2,5,8-9H2,1H3. The fourth-order valence-electron chi connectivity index (χ4n) is 1.94. The number of halogens is 1. The second kappa shape index (κ2) is 5.51. The average Bonchev–Trinajstić information content (AvgIpc) is 2.63. The van der Waals surface area contributed by atoms with E-state index in [1.54, 1.807) is 0 Å². The SMILES string of the molecule is CCNCCCn1cc(Br)c2ccccc21. The van der Waals surface area contributed by atoms with Crippen LogP contribution in [0.3, 0.4) is 0 Å². The number of para-hydroxylation sites is 1. The third-order valence-electron chi connectivity index (χ3n) is 2.74. The molecule has 0 radical (unpaired) electrons. The molecule has 1 aromatic carbocycles. The lowest BCUT2D eigenvalue weighted by Gasteiger charge is -2.05. The molecule has 0 aliphatic heterocycles. The van der Waals surface area contributed by atoms with Crippen molar-refractivity contribution in [3.05, 3.63) is 34.9 Å². The van der Waals surface area contributed by atoms with Crippen molar-refractivity contribution in [2.75, 3.05) is 13.1 Å². The molecule has 0 aliphatic carbocycles. The molecule has 0 saturated carbocycles. The maximum atomic E-state index is 3.60. The second-order valence-electron chi connectivity index (χ2n) is 3.89. The molecule has 1 heterocycles. The van der Waals surface area contributed by atoms with Gasteiger partial charge in [-0.05, 0) is 41.5 Å². The number of rotatable bonds is 5. The number of hydrogen-bond acceptors (Lipinski definition) is 1. The first kappa shape index (κ1) is 11.7. The van der Waals surface area contributed by atoms with E-state index in [0.29, 0.717) is 0 Å². The highest BCUT2D eigenvalue weighted by atomic mass is 79.9. The second-order valence-corrected chi connectivity index (χ2v) is 4.75. The molecule has 86 valence electrons. The van der Waals surface area contributed by atoms with E-state index in [0.717, 1.165) is 19.6 Å². The fraction of sp³-hybridized carbons (Fsp3) is 0.385. The molecule has 1 aromatic heterocycles. The van der Waals surface area contributed by atoms with E-state index in [2.05, 4.69) is 63.2 Å². The summed E-state index contributed by atoms with van der Waals surface area (Å²) in [4.78, 5) is 0. The average molecular weight is 281 g/mol. The van der Waals surface area contributed by atoms with E-state index in [1.807, 2.05) is 0 Å². The zero-order chi connectivity index (χ0) is 11.4. The van der Waals surface area contributed by atoms with Crippen molar-refractivity contribution in [3.63, 3.8) is 0 Å². The topological polar surface area (TPSA) is 17.0 Å². The largest absolute Gasteiger partial charge is 0.346 e. The van der Waals surface area contributed by atoms with Gasteiger partial charge in [0.15, 0.2) is 0 Å². The van der Waals surface area contributed by atoms with Crippen LogP contribution in [0.1, 0.15) is 13.3 Å². The van der Waals surface area contributed by atoms with Gasteiger partial charge in [0, 0.05) is 28.1 Å². The first-order valence-corrected chi connectivity index (χ1v) is 6.56. The highest BCUT2D eigenvalue weighted by molar-refractivity contribution is 9.10. The molecule has 0 unspecified atom stereocenters. The number of nitrogens with zero attached hydrogens (tertiary/aromatic N) is 1. The molecule has 1 N–H and O–H groups in total. The van der Waals surface area contributed by atoms with Gasteiger partial charge in [-0.15, -0.1) is 0 Å². The maximum absolute atomic E-state index is 3.60. The first-order valence-electron chi connectivity index (χ1n) is 5.77. The fourth-order valence-corrected chi connectivity index (χ4v) is 2.52. The van der Waals surface area contributed by atoms with Gasteiger partial charge in [0.2, 0.25) is 0 Å². The van der Waals surface area contributed by atoms with Crippen LogP contribution in [0.4, 0.5) is 0 Å². The monoisotopic (exact) mass is 280 g/mol. The molecular formula is C13H17BrN2. The molecular weight excluding hydrogens is 264 g/mol. The normalized spacial score (nSPS) is 11.1. The van der Waals surface area contributed by atoms with Crippen LogP contribution in [0.25, 0.3) is 10.9 Å². The van der Waals surface area contributed by atoms with Crippen molar-refractivity contribution in [1.82, 2.24) is 9.88 Å². The molecule has 2 rings (SSSR count). The number of aromatic nitrogens is 1.